The van der Waals surface area contributed by atoms with Crippen molar-refractivity contribution in [1.82, 2.24) is 19.7 Å². The second kappa shape index (κ2) is 8.06. The molecule has 30 heavy (non-hydrogen) atoms. The zero-order valence-corrected chi connectivity index (χ0v) is 16.6. The van der Waals surface area contributed by atoms with Crippen molar-refractivity contribution in [3.8, 4) is 11.3 Å². The summed E-state index contributed by atoms with van der Waals surface area (Å²) in [5.41, 5.74) is 3.86. The van der Waals surface area contributed by atoms with Crippen molar-refractivity contribution in [2.45, 2.75) is 37.8 Å². The Balaban J connectivity index is 1.31. The molecule has 3 aromatic heterocycles. The number of aromatic nitrogens is 4. The van der Waals surface area contributed by atoms with Crippen molar-refractivity contribution in [2.75, 3.05) is 5.32 Å². The number of nitrogens with one attached hydrogen (secondary N) is 1. The SMILES string of the molecule is O=c1ccc(-c2ccncc2)nn1C1CCC(Nc2ccnc3ccccc23)CC1. The fraction of sp³-hybridized carbons (Fsp3) is 0.250. The fourth-order valence-electron chi connectivity index (χ4n) is 4.27. The van der Waals surface area contributed by atoms with Gasteiger partial charge in [0, 0.05) is 47.3 Å². The van der Waals surface area contributed by atoms with Gasteiger partial charge < -0.3 is 5.32 Å². The molecule has 0 unspecified atom stereocenters. The fourth-order valence-corrected chi connectivity index (χ4v) is 4.27. The van der Waals surface area contributed by atoms with Crippen LogP contribution in [0.2, 0.25) is 0 Å². The first-order chi connectivity index (χ1) is 14.8. The number of anilines is 1. The molecule has 0 amide bonds. The molecule has 3 heterocycles. The number of hydrogen-bond donors (Lipinski definition) is 1. The molecule has 1 saturated carbocycles. The van der Waals surface area contributed by atoms with Crippen molar-refractivity contribution in [1.29, 1.82) is 0 Å². The number of pyridine rings is 2. The van der Waals surface area contributed by atoms with E-state index in [1.165, 1.54) is 0 Å². The van der Waals surface area contributed by atoms with Gasteiger partial charge in [-0.1, -0.05) is 18.2 Å². The number of rotatable bonds is 4. The van der Waals surface area contributed by atoms with E-state index in [0.29, 0.717) is 6.04 Å². The third kappa shape index (κ3) is 3.68. The van der Waals surface area contributed by atoms with Crippen LogP contribution in [-0.4, -0.2) is 25.8 Å². The average molecular weight is 397 g/mol. The van der Waals surface area contributed by atoms with Gasteiger partial charge in [0.05, 0.1) is 17.3 Å². The standard InChI is InChI=1S/C24H23N5O/c30-24-10-9-21(17-11-14-25-15-12-17)28-29(24)19-7-5-18(6-8-19)27-23-13-16-26-22-4-2-1-3-20(22)23/h1-4,9-16,18-19H,5-8H2,(H,26,27). The maximum atomic E-state index is 12.5. The minimum atomic E-state index is -0.0376. The Morgan fingerprint density at radius 3 is 2.50 bits per heavy atom. The van der Waals surface area contributed by atoms with Gasteiger partial charge in [0.15, 0.2) is 0 Å². The van der Waals surface area contributed by atoms with E-state index in [2.05, 4.69) is 26.4 Å². The van der Waals surface area contributed by atoms with Crippen LogP contribution in [0.4, 0.5) is 5.69 Å². The lowest BCUT2D eigenvalue weighted by Crippen LogP contribution is -2.33. The van der Waals surface area contributed by atoms with E-state index in [0.717, 1.165) is 53.5 Å². The van der Waals surface area contributed by atoms with Crippen molar-refractivity contribution >= 4 is 16.6 Å². The van der Waals surface area contributed by atoms with Crippen LogP contribution in [0.15, 0.2) is 78.0 Å². The maximum absolute atomic E-state index is 12.5. The Morgan fingerprint density at radius 1 is 0.867 bits per heavy atom. The Bertz CT molecular complexity index is 1210. The van der Waals surface area contributed by atoms with Gasteiger partial charge >= 0.3 is 0 Å². The second-order valence-corrected chi connectivity index (χ2v) is 7.76. The molecule has 0 bridgehead atoms. The zero-order valence-electron chi connectivity index (χ0n) is 16.6. The third-order valence-corrected chi connectivity index (χ3v) is 5.85. The number of nitrogens with zero attached hydrogens (tertiary/aromatic N) is 4. The average Bonchev–Trinajstić information content (AvgIpc) is 2.81. The van der Waals surface area contributed by atoms with E-state index >= 15 is 0 Å². The summed E-state index contributed by atoms with van der Waals surface area (Å²) in [4.78, 5) is 21.0. The molecule has 1 aliphatic rings. The van der Waals surface area contributed by atoms with E-state index in [4.69, 9.17) is 0 Å². The molecule has 1 aliphatic carbocycles. The molecule has 5 rings (SSSR count). The summed E-state index contributed by atoms with van der Waals surface area (Å²) >= 11 is 0. The summed E-state index contributed by atoms with van der Waals surface area (Å²) in [7, 11) is 0. The van der Waals surface area contributed by atoms with Crippen LogP contribution in [0.1, 0.15) is 31.7 Å². The lowest BCUT2D eigenvalue weighted by atomic mass is 9.91. The van der Waals surface area contributed by atoms with Crippen molar-refractivity contribution in [3.05, 3.63) is 83.5 Å². The molecule has 0 aliphatic heterocycles. The Morgan fingerprint density at radius 2 is 1.67 bits per heavy atom. The Labute approximate surface area is 174 Å². The summed E-state index contributed by atoms with van der Waals surface area (Å²) in [6.07, 6.45) is 9.17. The normalized spacial score (nSPS) is 18.9. The number of fused-ring (bicyclic) bond motifs is 1. The molecule has 1 fully saturated rings. The van der Waals surface area contributed by atoms with Gasteiger partial charge in [0.1, 0.15) is 0 Å². The highest BCUT2D eigenvalue weighted by atomic mass is 16.1. The topological polar surface area (TPSA) is 72.7 Å². The highest BCUT2D eigenvalue weighted by Crippen LogP contribution is 2.31. The van der Waals surface area contributed by atoms with E-state index in [1.807, 2.05) is 42.6 Å². The second-order valence-electron chi connectivity index (χ2n) is 7.76. The van der Waals surface area contributed by atoms with Gasteiger partial charge in [-0.05, 0) is 56.0 Å². The van der Waals surface area contributed by atoms with Gasteiger partial charge in [-0.3, -0.25) is 14.8 Å². The summed E-state index contributed by atoms with van der Waals surface area (Å²) in [6.45, 7) is 0. The summed E-state index contributed by atoms with van der Waals surface area (Å²) in [5.74, 6) is 0. The van der Waals surface area contributed by atoms with Gasteiger partial charge in [-0.15, -0.1) is 0 Å². The molecule has 6 heteroatoms. The molecular formula is C24H23N5O. The molecule has 1 N–H and O–H groups in total. The van der Waals surface area contributed by atoms with Crippen LogP contribution in [-0.2, 0) is 0 Å². The summed E-state index contributed by atoms with van der Waals surface area (Å²) < 4.78 is 1.67. The summed E-state index contributed by atoms with van der Waals surface area (Å²) in [5, 5.41) is 9.50. The molecule has 0 atom stereocenters. The molecule has 1 aromatic carbocycles. The van der Waals surface area contributed by atoms with E-state index in [-0.39, 0.29) is 11.6 Å². The molecule has 0 spiro atoms. The van der Waals surface area contributed by atoms with Crippen LogP contribution in [0.5, 0.6) is 0 Å². The van der Waals surface area contributed by atoms with Crippen LogP contribution in [0.3, 0.4) is 0 Å². The van der Waals surface area contributed by atoms with E-state index in [1.54, 1.807) is 29.2 Å². The van der Waals surface area contributed by atoms with Crippen LogP contribution in [0.25, 0.3) is 22.2 Å². The highest BCUT2D eigenvalue weighted by Gasteiger charge is 2.24. The van der Waals surface area contributed by atoms with Crippen LogP contribution < -0.4 is 10.9 Å². The molecule has 0 saturated heterocycles. The van der Waals surface area contributed by atoms with Gasteiger partial charge in [0.2, 0.25) is 0 Å². The number of hydrogen-bond acceptors (Lipinski definition) is 5. The predicted molar refractivity (Wildman–Crippen MR) is 118 cm³/mol. The molecule has 0 radical (unpaired) electrons. The van der Waals surface area contributed by atoms with Gasteiger partial charge in [-0.25, -0.2) is 4.68 Å². The third-order valence-electron chi connectivity index (χ3n) is 5.85. The molecule has 6 nitrogen and oxygen atoms in total. The predicted octanol–water partition coefficient (Wildman–Crippen LogP) is 4.45. The molecule has 4 aromatic rings. The molecular weight excluding hydrogens is 374 g/mol. The lowest BCUT2D eigenvalue weighted by molar-refractivity contribution is 0.304. The van der Waals surface area contributed by atoms with Gasteiger partial charge in [-0.2, -0.15) is 5.10 Å². The minimum absolute atomic E-state index is 0.0376. The first kappa shape index (κ1) is 18.5. The van der Waals surface area contributed by atoms with Gasteiger partial charge in [0.25, 0.3) is 5.56 Å². The largest absolute Gasteiger partial charge is 0.382 e. The van der Waals surface area contributed by atoms with E-state index in [9.17, 15) is 4.79 Å². The highest BCUT2D eigenvalue weighted by molar-refractivity contribution is 5.90. The van der Waals surface area contributed by atoms with Crippen LogP contribution >= 0.6 is 0 Å². The van der Waals surface area contributed by atoms with Crippen molar-refractivity contribution < 1.29 is 0 Å². The minimum Gasteiger partial charge on any atom is -0.382 e. The number of benzene rings is 1. The number of para-hydroxylation sites is 1. The van der Waals surface area contributed by atoms with Crippen molar-refractivity contribution in [3.63, 3.8) is 0 Å². The van der Waals surface area contributed by atoms with Crippen molar-refractivity contribution in [2.24, 2.45) is 0 Å². The zero-order chi connectivity index (χ0) is 20.3. The first-order valence-electron chi connectivity index (χ1n) is 10.4. The lowest BCUT2D eigenvalue weighted by Gasteiger charge is -2.30. The molecule has 150 valence electrons. The van der Waals surface area contributed by atoms with E-state index < -0.39 is 0 Å². The Kier molecular flexibility index (Phi) is 4.97. The summed E-state index contributed by atoms with van der Waals surface area (Å²) in [6, 6.07) is 18.0. The monoisotopic (exact) mass is 397 g/mol. The Hall–Kier alpha value is -3.54. The smallest absolute Gasteiger partial charge is 0.267 e. The maximum Gasteiger partial charge on any atom is 0.267 e. The van der Waals surface area contributed by atoms with Crippen LogP contribution in [0, 0.1) is 0 Å². The first-order valence-corrected chi connectivity index (χ1v) is 10.4. The quantitative estimate of drug-likeness (QED) is 0.551.